The second-order valence-corrected chi connectivity index (χ2v) is 15.1. The fourth-order valence-corrected chi connectivity index (χ4v) is 8.44. The summed E-state index contributed by atoms with van der Waals surface area (Å²) in [7, 11) is 0. The molecule has 2 aliphatic carbocycles. The van der Waals surface area contributed by atoms with Crippen molar-refractivity contribution < 1.29 is 0 Å². The molecule has 53 heavy (non-hydrogen) atoms. The molecule has 7 aromatic rings. The Balaban J connectivity index is 1.17. The van der Waals surface area contributed by atoms with Crippen LogP contribution >= 0.6 is 0 Å². The van der Waals surface area contributed by atoms with Crippen molar-refractivity contribution in [1.82, 2.24) is 9.88 Å². The van der Waals surface area contributed by atoms with E-state index in [0.29, 0.717) is 12.5 Å². The summed E-state index contributed by atoms with van der Waals surface area (Å²) in [5.74, 6) is 1.30. The van der Waals surface area contributed by atoms with Crippen molar-refractivity contribution >= 4 is 33.2 Å². The SMILES string of the molecule is CC1C=CC2=C(C1)c1cc3c(cc1C2(C)C)c1cc(-c2ccccc2)ccc1n3-c1cccc(CN=C(NC(N)c2ccccc2)c2ccccc2)c1. The van der Waals surface area contributed by atoms with Crippen LogP contribution in [-0.2, 0) is 12.0 Å². The first-order chi connectivity index (χ1) is 25.8. The van der Waals surface area contributed by atoms with Crippen LogP contribution in [0.3, 0.4) is 0 Å². The Kier molecular flexibility index (Phi) is 8.21. The molecule has 4 nitrogen and oxygen atoms in total. The molecule has 0 spiro atoms. The Morgan fingerprint density at radius 3 is 2.26 bits per heavy atom. The number of hydrogen-bond donors (Lipinski definition) is 2. The number of hydrogen-bond acceptors (Lipinski definition) is 2. The Morgan fingerprint density at radius 2 is 1.49 bits per heavy atom. The second kappa shape index (κ2) is 13.2. The lowest BCUT2D eigenvalue weighted by atomic mass is 9.79. The summed E-state index contributed by atoms with van der Waals surface area (Å²) < 4.78 is 2.46. The molecule has 2 unspecified atom stereocenters. The van der Waals surface area contributed by atoms with Crippen molar-refractivity contribution in [3.63, 3.8) is 0 Å². The van der Waals surface area contributed by atoms with Crippen molar-refractivity contribution in [3.8, 4) is 16.8 Å². The summed E-state index contributed by atoms with van der Waals surface area (Å²) in [4.78, 5) is 5.14. The van der Waals surface area contributed by atoms with Crippen LogP contribution in [-0.4, -0.2) is 10.4 Å². The van der Waals surface area contributed by atoms with Gasteiger partial charge in [0, 0.05) is 27.4 Å². The first kappa shape index (κ1) is 32.9. The van der Waals surface area contributed by atoms with Crippen LogP contribution in [0.15, 0.2) is 168 Å². The van der Waals surface area contributed by atoms with E-state index in [4.69, 9.17) is 10.7 Å². The van der Waals surface area contributed by atoms with E-state index < -0.39 is 0 Å². The first-order valence-corrected chi connectivity index (χ1v) is 18.7. The van der Waals surface area contributed by atoms with Crippen molar-refractivity contribution in [1.29, 1.82) is 0 Å². The molecule has 9 rings (SSSR count). The Morgan fingerprint density at radius 1 is 0.774 bits per heavy atom. The molecule has 260 valence electrons. The van der Waals surface area contributed by atoms with Crippen LogP contribution in [0.1, 0.15) is 61.2 Å². The van der Waals surface area contributed by atoms with E-state index in [9.17, 15) is 0 Å². The van der Waals surface area contributed by atoms with E-state index in [1.165, 1.54) is 55.2 Å². The number of benzene rings is 6. The molecule has 3 N–H and O–H groups in total. The van der Waals surface area contributed by atoms with Gasteiger partial charge in [0.15, 0.2) is 0 Å². The smallest absolute Gasteiger partial charge is 0.130 e. The Bertz CT molecular complexity index is 2570. The van der Waals surface area contributed by atoms with E-state index in [1.54, 1.807) is 0 Å². The third-order valence-electron chi connectivity index (χ3n) is 11.2. The number of fused-ring (bicyclic) bond motifs is 5. The number of allylic oxidation sites excluding steroid dienone is 4. The zero-order valence-corrected chi connectivity index (χ0v) is 30.6. The third-order valence-corrected chi connectivity index (χ3v) is 11.2. The maximum absolute atomic E-state index is 6.65. The van der Waals surface area contributed by atoms with Crippen LogP contribution in [0, 0.1) is 5.92 Å². The van der Waals surface area contributed by atoms with Crippen LogP contribution in [0.25, 0.3) is 44.2 Å². The average molecular weight is 689 g/mol. The van der Waals surface area contributed by atoms with E-state index in [2.05, 4.69) is 140 Å². The number of nitrogens with one attached hydrogen (secondary N) is 1. The van der Waals surface area contributed by atoms with Crippen LogP contribution in [0.2, 0.25) is 0 Å². The monoisotopic (exact) mass is 688 g/mol. The fourth-order valence-electron chi connectivity index (χ4n) is 8.44. The van der Waals surface area contributed by atoms with Gasteiger partial charge in [-0.25, -0.2) is 0 Å². The Hall–Kier alpha value is -5.97. The highest BCUT2D eigenvalue weighted by molar-refractivity contribution is 6.12. The van der Waals surface area contributed by atoms with E-state index >= 15 is 0 Å². The lowest BCUT2D eigenvalue weighted by Gasteiger charge is -2.25. The molecule has 0 fully saturated rings. The van der Waals surface area contributed by atoms with Gasteiger partial charge in [0.1, 0.15) is 12.0 Å². The van der Waals surface area contributed by atoms with Gasteiger partial charge in [-0.15, -0.1) is 0 Å². The molecule has 0 amide bonds. The van der Waals surface area contributed by atoms with Crippen LogP contribution in [0.5, 0.6) is 0 Å². The van der Waals surface area contributed by atoms with Crippen LogP contribution < -0.4 is 11.1 Å². The zero-order valence-electron chi connectivity index (χ0n) is 30.6. The highest BCUT2D eigenvalue weighted by Crippen LogP contribution is 2.52. The predicted molar refractivity (Wildman–Crippen MR) is 222 cm³/mol. The molecule has 2 atom stereocenters. The van der Waals surface area contributed by atoms with E-state index in [1.807, 2.05) is 48.5 Å². The van der Waals surface area contributed by atoms with Crippen molar-refractivity contribution in [2.45, 2.75) is 45.3 Å². The second-order valence-electron chi connectivity index (χ2n) is 15.1. The maximum Gasteiger partial charge on any atom is 0.130 e. The molecule has 0 aliphatic heterocycles. The number of aliphatic imine (C=N–C) groups is 1. The van der Waals surface area contributed by atoms with E-state index in [-0.39, 0.29) is 11.6 Å². The molecule has 4 heteroatoms. The van der Waals surface area contributed by atoms with Gasteiger partial charge in [0.05, 0.1) is 17.6 Å². The molecular formula is C49H44N4. The number of nitrogens with two attached hydrogens (primary N) is 1. The van der Waals surface area contributed by atoms with E-state index in [0.717, 1.165) is 34.6 Å². The normalized spacial score (nSPS) is 16.9. The molecule has 0 bridgehead atoms. The van der Waals surface area contributed by atoms with Gasteiger partial charge in [-0.2, -0.15) is 0 Å². The number of aromatic nitrogens is 1. The van der Waals surface area contributed by atoms with Crippen molar-refractivity contribution in [3.05, 3.63) is 191 Å². The number of amidine groups is 1. The van der Waals surface area contributed by atoms with Crippen molar-refractivity contribution in [2.75, 3.05) is 0 Å². The minimum atomic E-state index is -0.384. The largest absolute Gasteiger partial charge is 0.351 e. The zero-order chi connectivity index (χ0) is 36.1. The minimum absolute atomic E-state index is 0.0492. The van der Waals surface area contributed by atoms with Gasteiger partial charge >= 0.3 is 0 Å². The molecule has 1 aromatic heterocycles. The predicted octanol–water partition coefficient (Wildman–Crippen LogP) is 11.3. The molecular weight excluding hydrogens is 645 g/mol. The lowest BCUT2D eigenvalue weighted by Crippen LogP contribution is -2.34. The Labute approximate surface area is 312 Å². The molecule has 1 heterocycles. The van der Waals surface area contributed by atoms with Gasteiger partial charge in [-0.3, -0.25) is 4.99 Å². The quantitative estimate of drug-likeness (QED) is 0.0995. The molecule has 0 radical (unpaired) electrons. The summed E-state index contributed by atoms with van der Waals surface area (Å²) in [6.07, 6.45) is 5.47. The highest BCUT2D eigenvalue weighted by Gasteiger charge is 2.38. The molecule has 6 aromatic carbocycles. The first-order valence-electron chi connectivity index (χ1n) is 18.7. The maximum atomic E-state index is 6.65. The summed E-state index contributed by atoms with van der Waals surface area (Å²) in [6, 6.07) is 51.8. The summed E-state index contributed by atoms with van der Waals surface area (Å²) in [5.41, 5.74) is 21.5. The fraction of sp³-hybridized carbons (Fsp3) is 0.163. The molecule has 0 saturated heterocycles. The van der Waals surface area contributed by atoms with Gasteiger partial charge in [0.25, 0.3) is 0 Å². The lowest BCUT2D eigenvalue weighted by molar-refractivity contribution is 0.644. The standard InChI is InChI=1S/C49H44N4/c1-32-22-24-43-39(26-32)40-30-46-42(29-44(40)49(43,2)3)41-28-37(34-15-7-4-8-16-34)23-25-45(41)53(46)38-21-13-14-33(27-38)31-51-48(36-19-11-6-12-20-36)52-47(50)35-17-9-5-10-18-35/h4-25,27-30,32,47H,26,31,50H2,1-3H3,(H,51,52). The van der Waals surface area contributed by atoms with Crippen LogP contribution in [0.4, 0.5) is 0 Å². The summed E-state index contributed by atoms with van der Waals surface area (Å²) in [6.45, 7) is 7.62. The summed E-state index contributed by atoms with van der Waals surface area (Å²) >= 11 is 0. The number of rotatable bonds is 7. The highest BCUT2D eigenvalue weighted by atomic mass is 15.1. The average Bonchev–Trinajstić information content (AvgIpc) is 3.63. The third kappa shape index (κ3) is 5.90. The number of nitrogens with zero attached hydrogens (tertiary/aromatic N) is 2. The molecule has 2 aliphatic rings. The van der Waals surface area contributed by atoms with Gasteiger partial charge in [-0.1, -0.05) is 142 Å². The van der Waals surface area contributed by atoms with Gasteiger partial charge in [0.2, 0.25) is 0 Å². The minimum Gasteiger partial charge on any atom is -0.351 e. The van der Waals surface area contributed by atoms with Crippen molar-refractivity contribution in [2.24, 2.45) is 16.6 Å². The van der Waals surface area contributed by atoms with Gasteiger partial charge < -0.3 is 15.6 Å². The summed E-state index contributed by atoms with van der Waals surface area (Å²) in [5, 5.41) is 6.05. The molecule has 0 saturated carbocycles. The topological polar surface area (TPSA) is 55.3 Å². The van der Waals surface area contributed by atoms with Gasteiger partial charge in [-0.05, 0) is 93.3 Å².